The smallest absolute Gasteiger partial charge is 0.0650 e. The highest BCUT2D eigenvalue weighted by Crippen LogP contribution is 2.13. The predicted octanol–water partition coefficient (Wildman–Crippen LogP) is 1.63. The van der Waals surface area contributed by atoms with Crippen molar-refractivity contribution in [3.63, 3.8) is 0 Å². The molecular formula is C11H14N2OS. The number of aromatic nitrogens is 2. The van der Waals surface area contributed by atoms with Crippen LogP contribution in [0.2, 0.25) is 0 Å². The summed E-state index contributed by atoms with van der Waals surface area (Å²) in [4.78, 5) is 1.22. The predicted molar refractivity (Wildman–Crippen MR) is 60.9 cm³/mol. The van der Waals surface area contributed by atoms with E-state index in [9.17, 15) is 5.11 Å². The van der Waals surface area contributed by atoms with Crippen LogP contribution in [0.25, 0.3) is 0 Å². The molecule has 2 aromatic rings. The third kappa shape index (κ3) is 2.91. The van der Waals surface area contributed by atoms with Crippen molar-refractivity contribution >= 4 is 11.3 Å². The highest BCUT2D eigenvalue weighted by molar-refractivity contribution is 7.09. The van der Waals surface area contributed by atoms with Gasteiger partial charge in [0.25, 0.3) is 0 Å². The molecular weight excluding hydrogens is 208 g/mol. The number of aliphatic hydroxyl groups is 1. The van der Waals surface area contributed by atoms with Crippen molar-refractivity contribution in [2.45, 2.75) is 18.9 Å². The van der Waals surface area contributed by atoms with E-state index < -0.39 is 0 Å². The molecule has 80 valence electrons. The summed E-state index contributed by atoms with van der Waals surface area (Å²) >= 11 is 1.68. The van der Waals surface area contributed by atoms with Crippen molar-refractivity contribution in [2.24, 2.45) is 7.05 Å². The Bertz CT molecular complexity index is 408. The molecule has 0 amide bonds. The zero-order valence-corrected chi connectivity index (χ0v) is 9.44. The lowest BCUT2D eigenvalue weighted by Gasteiger charge is -2.06. The Morgan fingerprint density at radius 3 is 2.93 bits per heavy atom. The number of hydrogen-bond donors (Lipinski definition) is 1. The average Bonchev–Trinajstić information content (AvgIpc) is 2.77. The third-order valence-corrected chi connectivity index (χ3v) is 3.13. The minimum absolute atomic E-state index is 0.335. The van der Waals surface area contributed by atoms with Crippen LogP contribution in [-0.4, -0.2) is 21.0 Å². The van der Waals surface area contributed by atoms with E-state index in [1.807, 2.05) is 36.8 Å². The molecule has 0 aliphatic heterocycles. The van der Waals surface area contributed by atoms with Crippen molar-refractivity contribution in [2.75, 3.05) is 0 Å². The molecule has 3 nitrogen and oxygen atoms in total. The number of hydrogen-bond acceptors (Lipinski definition) is 3. The molecule has 2 rings (SSSR count). The lowest BCUT2D eigenvalue weighted by atomic mass is 10.1. The molecule has 0 saturated heterocycles. The minimum atomic E-state index is -0.335. The zero-order valence-electron chi connectivity index (χ0n) is 8.63. The van der Waals surface area contributed by atoms with Crippen LogP contribution < -0.4 is 0 Å². The van der Waals surface area contributed by atoms with E-state index in [4.69, 9.17) is 0 Å². The van der Waals surface area contributed by atoms with Crippen molar-refractivity contribution in [3.8, 4) is 0 Å². The van der Waals surface area contributed by atoms with Crippen molar-refractivity contribution < 1.29 is 5.11 Å². The maximum Gasteiger partial charge on any atom is 0.0650 e. The summed E-state index contributed by atoms with van der Waals surface area (Å²) in [6, 6.07) is 6.00. The van der Waals surface area contributed by atoms with Gasteiger partial charge in [-0.1, -0.05) is 6.07 Å². The first-order chi connectivity index (χ1) is 7.24. The monoisotopic (exact) mass is 222 g/mol. The molecule has 0 bridgehead atoms. The summed E-state index contributed by atoms with van der Waals surface area (Å²) in [5.41, 5.74) is 0.946. The fraction of sp³-hybridized carbons (Fsp3) is 0.364. The van der Waals surface area contributed by atoms with Crippen LogP contribution in [-0.2, 0) is 19.9 Å². The van der Waals surface area contributed by atoms with Crippen molar-refractivity contribution in [1.82, 2.24) is 9.78 Å². The van der Waals surface area contributed by atoms with Crippen LogP contribution in [0.1, 0.15) is 10.6 Å². The van der Waals surface area contributed by atoms with E-state index in [1.54, 1.807) is 16.0 Å². The topological polar surface area (TPSA) is 38.0 Å². The van der Waals surface area contributed by atoms with E-state index in [0.29, 0.717) is 12.8 Å². The second kappa shape index (κ2) is 4.59. The molecule has 0 radical (unpaired) electrons. The molecule has 4 heteroatoms. The molecule has 1 atom stereocenters. The van der Waals surface area contributed by atoms with Crippen molar-refractivity contribution in [1.29, 1.82) is 0 Å². The van der Waals surface area contributed by atoms with Crippen LogP contribution in [0.15, 0.2) is 29.8 Å². The Morgan fingerprint density at radius 2 is 2.33 bits per heavy atom. The van der Waals surface area contributed by atoms with Gasteiger partial charge < -0.3 is 5.11 Å². The SMILES string of the molecule is Cn1ccc(CC(O)Cc2cccs2)n1. The Morgan fingerprint density at radius 1 is 1.47 bits per heavy atom. The van der Waals surface area contributed by atoms with E-state index in [0.717, 1.165) is 5.69 Å². The molecule has 1 unspecified atom stereocenters. The molecule has 0 aliphatic carbocycles. The summed E-state index contributed by atoms with van der Waals surface area (Å²) in [7, 11) is 1.88. The minimum Gasteiger partial charge on any atom is -0.392 e. The fourth-order valence-corrected chi connectivity index (χ4v) is 2.32. The van der Waals surface area contributed by atoms with Gasteiger partial charge in [-0.25, -0.2) is 0 Å². The van der Waals surface area contributed by atoms with Gasteiger partial charge in [-0.15, -0.1) is 11.3 Å². The van der Waals surface area contributed by atoms with Gasteiger partial charge in [0.2, 0.25) is 0 Å². The Labute approximate surface area is 93.0 Å². The second-order valence-electron chi connectivity index (χ2n) is 3.62. The van der Waals surface area contributed by atoms with Crippen LogP contribution >= 0.6 is 11.3 Å². The first-order valence-corrected chi connectivity index (χ1v) is 5.81. The summed E-state index contributed by atoms with van der Waals surface area (Å²) in [6.07, 6.45) is 2.90. The molecule has 2 heterocycles. The number of aliphatic hydroxyl groups excluding tert-OH is 1. The maximum atomic E-state index is 9.84. The maximum absolute atomic E-state index is 9.84. The lowest BCUT2D eigenvalue weighted by molar-refractivity contribution is 0.175. The number of nitrogens with zero attached hydrogens (tertiary/aromatic N) is 2. The summed E-state index contributed by atoms with van der Waals surface area (Å²) < 4.78 is 1.76. The normalized spacial score (nSPS) is 12.9. The summed E-state index contributed by atoms with van der Waals surface area (Å²) in [5, 5.41) is 16.1. The average molecular weight is 222 g/mol. The Hall–Kier alpha value is -1.13. The van der Waals surface area contributed by atoms with Crippen molar-refractivity contribution in [3.05, 3.63) is 40.3 Å². The molecule has 15 heavy (non-hydrogen) atoms. The van der Waals surface area contributed by atoms with Gasteiger partial charge in [0, 0.05) is 31.0 Å². The van der Waals surface area contributed by atoms with Crippen LogP contribution in [0.3, 0.4) is 0 Å². The van der Waals surface area contributed by atoms with Gasteiger partial charge >= 0.3 is 0 Å². The van der Waals surface area contributed by atoms with Crippen LogP contribution in [0, 0.1) is 0 Å². The van der Waals surface area contributed by atoms with Gasteiger partial charge in [0.15, 0.2) is 0 Å². The lowest BCUT2D eigenvalue weighted by Crippen LogP contribution is -2.13. The van der Waals surface area contributed by atoms with Gasteiger partial charge in [0.1, 0.15) is 0 Å². The van der Waals surface area contributed by atoms with E-state index >= 15 is 0 Å². The third-order valence-electron chi connectivity index (χ3n) is 2.23. The van der Waals surface area contributed by atoms with E-state index in [2.05, 4.69) is 5.10 Å². The largest absolute Gasteiger partial charge is 0.392 e. The van der Waals surface area contributed by atoms with Crippen LogP contribution in [0.4, 0.5) is 0 Å². The standard InChI is InChI=1S/C11H14N2OS/c1-13-5-4-9(12-13)7-10(14)8-11-3-2-6-15-11/h2-6,10,14H,7-8H2,1H3. The molecule has 0 fully saturated rings. The van der Waals surface area contributed by atoms with E-state index in [1.165, 1.54) is 4.88 Å². The van der Waals surface area contributed by atoms with Gasteiger partial charge in [-0.2, -0.15) is 5.10 Å². The molecule has 0 saturated carbocycles. The summed E-state index contributed by atoms with van der Waals surface area (Å²) in [6.45, 7) is 0. The first-order valence-electron chi connectivity index (χ1n) is 4.93. The van der Waals surface area contributed by atoms with Gasteiger partial charge in [-0.05, 0) is 17.5 Å². The molecule has 0 aliphatic rings. The Kier molecular flexibility index (Phi) is 3.18. The highest BCUT2D eigenvalue weighted by atomic mass is 32.1. The Balaban J connectivity index is 1.90. The first kappa shape index (κ1) is 10.4. The molecule has 0 spiro atoms. The number of rotatable bonds is 4. The van der Waals surface area contributed by atoms with Gasteiger partial charge in [-0.3, -0.25) is 4.68 Å². The summed E-state index contributed by atoms with van der Waals surface area (Å²) in [5.74, 6) is 0. The van der Waals surface area contributed by atoms with E-state index in [-0.39, 0.29) is 6.10 Å². The fourth-order valence-electron chi connectivity index (χ4n) is 1.55. The van der Waals surface area contributed by atoms with Gasteiger partial charge in [0.05, 0.1) is 11.8 Å². The zero-order chi connectivity index (χ0) is 10.7. The number of aryl methyl sites for hydroxylation is 1. The molecule has 0 aromatic carbocycles. The molecule has 1 N–H and O–H groups in total. The molecule has 2 aromatic heterocycles. The second-order valence-corrected chi connectivity index (χ2v) is 4.65. The number of thiophene rings is 1. The van der Waals surface area contributed by atoms with Crippen LogP contribution in [0.5, 0.6) is 0 Å². The highest BCUT2D eigenvalue weighted by Gasteiger charge is 2.09. The quantitative estimate of drug-likeness (QED) is 0.853.